The second kappa shape index (κ2) is 7.79. The largest absolute Gasteiger partial charge is 0.388 e. The van der Waals surface area contributed by atoms with Gasteiger partial charge in [0.15, 0.2) is 0 Å². The van der Waals surface area contributed by atoms with Gasteiger partial charge in [0.25, 0.3) is 0 Å². The number of nitrogens with one attached hydrogen (secondary N) is 1. The van der Waals surface area contributed by atoms with E-state index in [0.29, 0.717) is 0 Å². The minimum atomic E-state index is -0.180. The normalized spacial score (nSPS) is 13.2. The lowest BCUT2D eigenvalue weighted by atomic mass is 9.70. The summed E-state index contributed by atoms with van der Waals surface area (Å²) in [7, 11) is 1.91. The summed E-state index contributed by atoms with van der Waals surface area (Å²) in [5, 5.41) is 3.03. The minimum absolute atomic E-state index is 0.180. The summed E-state index contributed by atoms with van der Waals surface area (Å²) in [6, 6.07) is 45.7. The highest BCUT2D eigenvalue weighted by molar-refractivity contribution is 5.94. The monoisotopic (exact) mass is 423 g/mol. The van der Waals surface area contributed by atoms with Crippen molar-refractivity contribution >= 4 is 5.69 Å². The molecule has 2 aliphatic rings. The summed E-state index contributed by atoms with van der Waals surface area (Å²) >= 11 is 0. The van der Waals surface area contributed by atoms with Gasteiger partial charge in [-0.25, -0.2) is 0 Å². The van der Waals surface area contributed by atoms with E-state index in [1.807, 2.05) is 37.4 Å². The first-order chi connectivity index (χ1) is 16.4. The average molecular weight is 424 g/mol. The zero-order valence-electron chi connectivity index (χ0n) is 18.6. The summed E-state index contributed by atoms with van der Waals surface area (Å²) in [5.74, 6) is 0. The molecule has 0 amide bonds. The Hall–Kier alpha value is -4.10. The van der Waals surface area contributed by atoms with Crippen molar-refractivity contribution in [1.82, 2.24) is 0 Å². The van der Waals surface area contributed by atoms with Crippen LogP contribution in [0, 0.1) is 0 Å². The molecule has 1 heteroatoms. The van der Waals surface area contributed by atoms with Gasteiger partial charge in [-0.2, -0.15) is 0 Å². The van der Waals surface area contributed by atoms with Crippen LogP contribution in [0.1, 0.15) is 22.3 Å². The van der Waals surface area contributed by atoms with Crippen LogP contribution >= 0.6 is 0 Å². The van der Waals surface area contributed by atoms with E-state index in [4.69, 9.17) is 0 Å². The molecule has 0 unspecified atom stereocenters. The number of anilines is 1. The van der Waals surface area contributed by atoms with Crippen molar-refractivity contribution in [2.24, 2.45) is 0 Å². The number of hydrogen-bond acceptors (Lipinski definition) is 1. The highest BCUT2D eigenvalue weighted by Gasteiger charge is 2.51. The molecular weight excluding hydrogens is 398 g/mol. The first kappa shape index (κ1) is 19.6. The summed E-state index contributed by atoms with van der Waals surface area (Å²) in [6.07, 6.45) is 0. The molecule has 1 spiro atoms. The maximum absolute atomic E-state index is 3.03. The Morgan fingerprint density at radius 3 is 1.00 bits per heavy atom. The molecule has 2 aliphatic carbocycles. The van der Waals surface area contributed by atoms with Crippen LogP contribution in [-0.4, -0.2) is 7.05 Å². The van der Waals surface area contributed by atoms with Crippen LogP contribution in [0.5, 0.6) is 0 Å². The van der Waals surface area contributed by atoms with Crippen LogP contribution in [0.2, 0.25) is 0 Å². The molecule has 0 saturated heterocycles. The van der Waals surface area contributed by atoms with E-state index in [0.717, 1.165) is 5.69 Å². The predicted octanol–water partition coefficient (Wildman–Crippen LogP) is 7.76. The van der Waals surface area contributed by atoms with Crippen molar-refractivity contribution in [2.45, 2.75) is 5.41 Å². The van der Waals surface area contributed by atoms with E-state index < -0.39 is 0 Å². The maximum atomic E-state index is 3.03. The van der Waals surface area contributed by atoms with Gasteiger partial charge >= 0.3 is 0 Å². The molecule has 5 aromatic rings. The molecule has 0 aromatic heterocycles. The van der Waals surface area contributed by atoms with Gasteiger partial charge in [0.2, 0.25) is 0 Å². The molecule has 0 radical (unpaired) electrons. The van der Waals surface area contributed by atoms with Crippen LogP contribution in [-0.2, 0) is 5.41 Å². The lowest BCUT2D eigenvalue weighted by Gasteiger charge is -2.30. The van der Waals surface area contributed by atoms with Crippen LogP contribution < -0.4 is 5.32 Å². The summed E-state index contributed by atoms with van der Waals surface area (Å²) in [4.78, 5) is 0. The summed E-state index contributed by atoms with van der Waals surface area (Å²) in [5.41, 5.74) is 12.1. The average Bonchev–Trinajstić information content (AvgIpc) is 3.37. The smallest absolute Gasteiger partial charge is 0.0725 e. The molecule has 0 atom stereocenters. The fourth-order valence-electron chi connectivity index (χ4n) is 5.66. The number of fused-ring (bicyclic) bond motifs is 10. The Bertz CT molecular complexity index is 1260. The van der Waals surface area contributed by atoms with Gasteiger partial charge in [0, 0.05) is 12.7 Å². The van der Waals surface area contributed by atoms with Crippen LogP contribution in [0.4, 0.5) is 5.69 Å². The van der Waals surface area contributed by atoms with E-state index in [1.165, 1.54) is 44.5 Å². The van der Waals surface area contributed by atoms with Crippen LogP contribution in [0.3, 0.4) is 0 Å². The fourth-order valence-corrected chi connectivity index (χ4v) is 5.66. The molecule has 0 bridgehead atoms. The van der Waals surface area contributed by atoms with Crippen LogP contribution in [0.15, 0.2) is 127 Å². The molecule has 5 aromatic carbocycles. The van der Waals surface area contributed by atoms with Crippen molar-refractivity contribution in [3.63, 3.8) is 0 Å². The molecule has 7 rings (SSSR count). The van der Waals surface area contributed by atoms with Gasteiger partial charge in [0.05, 0.1) is 5.41 Å². The third-order valence-corrected chi connectivity index (χ3v) is 6.97. The highest BCUT2D eigenvalue weighted by atomic mass is 14.8. The van der Waals surface area contributed by atoms with Crippen molar-refractivity contribution in [1.29, 1.82) is 0 Å². The minimum Gasteiger partial charge on any atom is -0.388 e. The molecule has 1 nitrogen and oxygen atoms in total. The first-order valence-corrected chi connectivity index (χ1v) is 11.5. The second-order valence-corrected chi connectivity index (χ2v) is 8.55. The van der Waals surface area contributed by atoms with Gasteiger partial charge in [-0.1, -0.05) is 115 Å². The van der Waals surface area contributed by atoms with E-state index >= 15 is 0 Å². The molecular formula is C32H25N. The third kappa shape index (κ3) is 2.79. The molecule has 0 saturated carbocycles. The Morgan fingerprint density at radius 2 is 0.697 bits per heavy atom. The van der Waals surface area contributed by atoms with Gasteiger partial charge in [-0.05, 0) is 56.6 Å². The summed E-state index contributed by atoms with van der Waals surface area (Å²) in [6.45, 7) is 0. The van der Waals surface area contributed by atoms with Gasteiger partial charge in [0.1, 0.15) is 0 Å². The molecule has 0 aliphatic heterocycles. The fraction of sp³-hybridized carbons (Fsp3) is 0.0625. The van der Waals surface area contributed by atoms with E-state index in [2.05, 4.69) is 102 Å². The lowest BCUT2D eigenvalue weighted by Crippen LogP contribution is -2.25. The Balaban J connectivity index is 0.000000221. The Kier molecular flexibility index (Phi) is 4.62. The zero-order valence-corrected chi connectivity index (χ0v) is 18.6. The van der Waals surface area contributed by atoms with Crippen molar-refractivity contribution in [3.8, 4) is 22.3 Å². The number of hydrogen-bond donors (Lipinski definition) is 1. The highest BCUT2D eigenvalue weighted by Crippen LogP contribution is 2.62. The Labute approximate surface area is 195 Å². The SMILES string of the molecule is CNc1ccccc1.c1ccc2c(c1)-c1ccccc1C21c2ccccc2-c2ccccc21. The molecule has 0 heterocycles. The summed E-state index contributed by atoms with van der Waals surface area (Å²) < 4.78 is 0. The zero-order chi connectivity index (χ0) is 22.3. The van der Waals surface area contributed by atoms with Crippen LogP contribution in [0.25, 0.3) is 22.3 Å². The first-order valence-electron chi connectivity index (χ1n) is 11.5. The predicted molar refractivity (Wildman–Crippen MR) is 139 cm³/mol. The van der Waals surface area contributed by atoms with Crippen molar-refractivity contribution < 1.29 is 0 Å². The second-order valence-electron chi connectivity index (χ2n) is 8.55. The van der Waals surface area contributed by atoms with E-state index in [1.54, 1.807) is 0 Å². The standard InChI is InChI=1S/C25H16.C7H9N/c1-5-13-21-17(9-1)18-10-2-6-14-22(18)25(21)23-15-7-3-11-19(23)20-12-4-8-16-24(20)25;1-8-7-5-3-2-4-6-7/h1-16H;2-6,8H,1H3. The third-order valence-electron chi connectivity index (χ3n) is 6.97. The van der Waals surface area contributed by atoms with Gasteiger partial charge in [-0.3, -0.25) is 0 Å². The maximum Gasteiger partial charge on any atom is 0.0725 e. The quantitative estimate of drug-likeness (QED) is 0.284. The lowest BCUT2D eigenvalue weighted by molar-refractivity contribution is 0.794. The number of benzene rings is 5. The van der Waals surface area contributed by atoms with Gasteiger partial charge < -0.3 is 5.32 Å². The van der Waals surface area contributed by atoms with Gasteiger partial charge in [-0.15, -0.1) is 0 Å². The van der Waals surface area contributed by atoms with Crippen molar-refractivity contribution in [3.05, 3.63) is 150 Å². The molecule has 158 valence electrons. The molecule has 33 heavy (non-hydrogen) atoms. The Morgan fingerprint density at radius 1 is 0.394 bits per heavy atom. The molecule has 1 N–H and O–H groups in total. The van der Waals surface area contributed by atoms with E-state index in [9.17, 15) is 0 Å². The number of rotatable bonds is 1. The topological polar surface area (TPSA) is 12.0 Å². The van der Waals surface area contributed by atoms with E-state index in [-0.39, 0.29) is 5.41 Å². The van der Waals surface area contributed by atoms with Crippen molar-refractivity contribution in [2.75, 3.05) is 12.4 Å². The molecule has 0 fully saturated rings. The number of para-hydroxylation sites is 1.